The Balaban J connectivity index is 2.60. The number of anilines is 1. The van der Waals surface area contributed by atoms with E-state index in [1.165, 1.54) is 7.11 Å². The number of carbonyl (C=O) groups excluding carboxylic acids is 1. The molecular weight excluding hydrogens is 292 g/mol. The Morgan fingerprint density at radius 3 is 2.67 bits per heavy atom. The monoisotopic (exact) mass is 312 g/mol. The van der Waals surface area contributed by atoms with E-state index in [-0.39, 0.29) is 0 Å². The zero-order chi connectivity index (χ0) is 16.0. The minimum atomic E-state index is -0.512. The van der Waals surface area contributed by atoms with E-state index in [1.54, 1.807) is 24.3 Å². The van der Waals surface area contributed by atoms with E-state index in [1.807, 2.05) is 20.8 Å². The van der Waals surface area contributed by atoms with E-state index in [4.69, 9.17) is 26.8 Å². The van der Waals surface area contributed by atoms with Crippen LogP contribution in [0.15, 0.2) is 18.2 Å². The van der Waals surface area contributed by atoms with Crippen molar-refractivity contribution in [3.05, 3.63) is 28.8 Å². The van der Waals surface area contributed by atoms with Crippen molar-refractivity contribution in [1.82, 2.24) is 5.32 Å². The highest BCUT2D eigenvalue weighted by atomic mass is 35.5. The molecule has 21 heavy (non-hydrogen) atoms. The molecule has 6 heteroatoms. The highest BCUT2D eigenvalue weighted by Crippen LogP contribution is 2.29. The maximum absolute atomic E-state index is 11.5. The number of ether oxygens (including phenoxy) is 2. The van der Waals surface area contributed by atoms with Crippen molar-refractivity contribution in [2.75, 3.05) is 19.4 Å². The van der Waals surface area contributed by atoms with Gasteiger partial charge in [-0.2, -0.15) is 0 Å². The molecule has 0 unspecified atom stereocenters. The van der Waals surface area contributed by atoms with Gasteiger partial charge in [0.05, 0.1) is 17.8 Å². The molecule has 0 aromatic heterocycles. The van der Waals surface area contributed by atoms with Gasteiger partial charge in [0.15, 0.2) is 0 Å². The number of benzene rings is 1. The number of hydrogen-bond donors (Lipinski definition) is 2. The molecule has 0 heterocycles. The maximum Gasteiger partial charge on any atom is 0.407 e. The summed E-state index contributed by atoms with van der Waals surface area (Å²) in [5, 5.41) is 3.14. The molecule has 5 nitrogen and oxygen atoms in total. The van der Waals surface area contributed by atoms with Crippen LogP contribution in [-0.4, -0.2) is 25.3 Å². The molecule has 0 fully saturated rings. The fraction of sp³-hybridized carbons (Fsp3) is 0.400. The standard InChI is InChI=1S/C15H21ClN2O3/c1-15(2,3)21-14(19)18-7-5-6-10-8-13(20-4)12(17)9-11(10)16/h5-6,8-9H,7,17H2,1-4H3,(H,18,19). The van der Waals surface area contributed by atoms with E-state index >= 15 is 0 Å². The molecule has 0 radical (unpaired) electrons. The van der Waals surface area contributed by atoms with E-state index in [2.05, 4.69) is 5.32 Å². The molecule has 1 rings (SSSR count). The summed E-state index contributed by atoms with van der Waals surface area (Å²) in [4.78, 5) is 11.5. The number of hydrogen-bond acceptors (Lipinski definition) is 4. The largest absolute Gasteiger partial charge is 0.495 e. The molecule has 0 saturated heterocycles. The molecule has 1 aromatic rings. The lowest BCUT2D eigenvalue weighted by molar-refractivity contribution is 0.0534. The van der Waals surface area contributed by atoms with Crippen LogP contribution in [0.4, 0.5) is 10.5 Å². The number of nitrogen functional groups attached to an aromatic ring is 1. The zero-order valence-corrected chi connectivity index (χ0v) is 13.5. The minimum absolute atomic E-state index is 0.331. The molecule has 1 aromatic carbocycles. The van der Waals surface area contributed by atoms with E-state index in [9.17, 15) is 4.79 Å². The summed E-state index contributed by atoms with van der Waals surface area (Å²) < 4.78 is 10.3. The van der Waals surface area contributed by atoms with Crippen molar-refractivity contribution in [3.63, 3.8) is 0 Å². The van der Waals surface area contributed by atoms with Gasteiger partial charge >= 0.3 is 6.09 Å². The first-order valence-corrected chi connectivity index (χ1v) is 6.87. The summed E-state index contributed by atoms with van der Waals surface area (Å²) in [6.45, 7) is 5.76. The topological polar surface area (TPSA) is 73.6 Å². The summed E-state index contributed by atoms with van der Waals surface area (Å²) in [7, 11) is 1.54. The summed E-state index contributed by atoms with van der Waals surface area (Å²) >= 11 is 6.09. The highest BCUT2D eigenvalue weighted by molar-refractivity contribution is 6.32. The number of methoxy groups -OCH3 is 1. The first-order chi connectivity index (χ1) is 9.73. The van der Waals surface area contributed by atoms with Crippen LogP contribution in [0.25, 0.3) is 6.08 Å². The lowest BCUT2D eigenvalue weighted by atomic mass is 10.1. The molecule has 0 saturated carbocycles. The Labute approximate surface area is 130 Å². The molecule has 0 spiro atoms. The van der Waals surface area contributed by atoms with Crippen LogP contribution in [-0.2, 0) is 4.74 Å². The van der Waals surface area contributed by atoms with Gasteiger partial charge in [-0.05, 0) is 38.5 Å². The Morgan fingerprint density at radius 2 is 2.10 bits per heavy atom. The lowest BCUT2D eigenvalue weighted by Gasteiger charge is -2.19. The van der Waals surface area contributed by atoms with Crippen molar-refractivity contribution < 1.29 is 14.3 Å². The van der Waals surface area contributed by atoms with Gasteiger partial charge in [0.1, 0.15) is 11.4 Å². The Morgan fingerprint density at radius 1 is 1.43 bits per heavy atom. The van der Waals surface area contributed by atoms with Gasteiger partial charge in [-0.1, -0.05) is 23.8 Å². The third kappa shape index (κ3) is 5.95. The first-order valence-electron chi connectivity index (χ1n) is 6.49. The minimum Gasteiger partial charge on any atom is -0.495 e. The molecule has 0 aliphatic carbocycles. The summed E-state index contributed by atoms with van der Waals surface area (Å²) in [5.74, 6) is 0.555. The van der Waals surface area contributed by atoms with Gasteiger partial charge in [-0.3, -0.25) is 0 Å². The second kappa shape index (κ2) is 7.22. The van der Waals surface area contributed by atoms with Crippen molar-refractivity contribution in [2.24, 2.45) is 0 Å². The molecule has 0 aliphatic heterocycles. The van der Waals surface area contributed by atoms with Gasteiger partial charge in [-0.15, -0.1) is 0 Å². The third-order valence-corrected chi connectivity index (χ3v) is 2.74. The summed E-state index contributed by atoms with van der Waals surface area (Å²) in [5.41, 5.74) is 6.47. The average molecular weight is 313 g/mol. The fourth-order valence-corrected chi connectivity index (χ4v) is 1.77. The molecule has 0 atom stereocenters. The lowest BCUT2D eigenvalue weighted by Crippen LogP contribution is -2.32. The maximum atomic E-state index is 11.5. The van der Waals surface area contributed by atoms with Gasteiger partial charge in [0.25, 0.3) is 0 Å². The van der Waals surface area contributed by atoms with Crippen LogP contribution >= 0.6 is 11.6 Å². The van der Waals surface area contributed by atoms with Crippen LogP contribution in [0.3, 0.4) is 0 Å². The molecule has 1 amide bonds. The Kier molecular flexibility index (Phi) is 5.90. The van der Waals surface area contributed by atoms with Gasteiger partial charge in [-0.25, -0.2) is 4.79 Å². The van der Waals surface area contributed by atoms with Crippen molar-refractivity contribution >= 4 is 29.5 Å². The van der Waals surface area contributed by atoms with E-state index in [0.29, 0.717) is 23.0 Å². The molecule has 0 bridgehead atoms. The van der Waals surface area contributed by atoms with Crippen molar-refractivity contribution in [1.29, 1.82) is 0 Å². The van der Waals surface area contributed by atoms with Gasteiger partial charge in [0, 0.05) is 6.54 Å². The van der Waals surface area contributed by atoms with Crippen molar-refractivity contribution in [2.45, 2.75) is 26.4 Å². The molecule has 0 aliphatic rings. The quantitative estimate of drug-likeness (QED) is 0.835. The molecule has 3 N–H and O–H groups in total. The van der Waals surface area contributed by atoms with Crippen LogP contribution in [0, 0.1) is 0 Å². The first kappa shape index (κ1) is 17.2. The number of rotatable bonds is 4. The fourth-order valence-electron chi connectivity index (χ4n) is 1.53. The number of amides is 1. The van der Waals surface area contributed by atoms with Crippen LogP contribution < -0.4 is 15.8 Å². The normalized spacial score (nSPS) is 11.5. The summed E-state index contributed by atoms with van der Waals surface area (Å²) in [6.07, 6.45) is 3.08. The zero-order valence-electron chi connectivity index (χ0n) is 12.7. The SMILES string of the molecule is COc1cc(C=CCNC(=O)OC(C)(C)C)c(Cl)cc1N. The second-order valence-electron chi connectivity index (χ2n) is 5.40. The van der Waals surface area contributed by atoms with E-state index in [0.717, 1.165) is 5.56 Å². The number of nitrogens with one attached hydrogen (secondary N) is 1. The number of nitrogens with two attached hydrogens (primary N) is 1. The van der Waals surface area contributed by atoms with Gasteiger partial charge < -0.3 is 20.5 Å². The smallest absolute Gasteiger partial charge is 0.407 e. The van der Waals surface area contributed by atoms with Crippen molar-refractivity contribution in [3.8, 4) is 5.75 Å². The average Bonchev–Trinajstić information content (AvgIpc) is 2.34. The van der Waals surface area contributed by atoms with Gasteiger partial charge in [0.2, 0.25) is 0 Å². The Hall–Kier alpha value is -1.88. The second-order valence-corrected chi connectivity index (χ2v) is 5.81. The Bertz CT molecular complexity index is 536. The highest BCUT2D eigenvalue weighted by Gasteiger charge is 2.15. The molecule has 116 valence electrons. The third-order valence-electron chi connectivity index (χ3n) is 2.41. The summed E-state index contributed by atoms with van der Waals surface area (Å²) in [6, 6.07) is 3.36. The predicted octanol–water partition coefficient (Wildman–Crippen LogP) is 3.47. The number of halogens is 1. The van der Waals surface area contributed by atoms with E-state index < -0.39 is 11.7 Å². The number of alkyl carbamates (subject to hydrolysis) is 1. The number of carbonyl (C=O) groups is 1. The predicted molar refractivity (Wildman–Crippen MR) is 85.7 cm³/mol. The molecular formula is C15H21ClN2O3. The van der Waals surface area contributed by atoms with Crippen LogP contribution in [0.5, 0.6) is 5.75 Å². The van der Waals surface area contributed by atoms with Crippen LogP contribution in [0.2, 0.25) is 5.02 Å². The van der Waals surface area contributed by atoms with Crippen LogP contribution in [0.1, 0.15) is 26.3 Å².